The number of hydrogen-bond acceptors (Lipinski definition) is 4. The molecule has 0 saturated heterocycles. The number of nitrogens with one attached hydrogen (secondary N) is 1. The maximum atomic E-state index is 12.3. The lowest BCUT2D eigenvalue weighted by Crippen LogP contribution is -2.50. The predicted octanol–water partition coefficient (Wildman–Crippen LogP) is 2.28. The molecule has 6 nitrogen and oxygen atoms in total. The molecule has 0 aliphatic heterocycles. The van der Waals surface area contributed by atoms with E-state index >= 15 is 0 Å². The molecule has 0 heterocycles. The third-order valence-electron chi connectivity index (χ3n) is 3.77. The Bertz CT molecular complexity index is 776. The van der Waals surface area contributed by atoms with Crippen LogP contribution in [0.1, 0.15) is 11.1 Å². The first-order valence-electron chi connectivity index (χ1n) is 7.77. The number of aliphatic carboxylic acids is 1. The lowest BCUT2D eigenvalue weighted by atomic mass is 10.0. The highest BCUT2D eigenvalue weighted by atomic mass is 127. The molecule has 0 aliphatic carbocycles. The Morgan fingerprint density at radius 1 is 1.04 bits per heavy atom. The van der Waals surface area contributed by atoms with E-state index in [0.29, 0.717) is 19.1 Å². The summed E-state index contributed by atoms with van der Waals surface area (Å²) in [6.45, 7) is 0. The summed E-state index contributed by atoms with van der Waals surface area (Å²) in [4.78, 5) is 23.8. The van der Waals surface area contributed by atoms with Crippen LogP contribution in [0.25, 0.3) is 0 Å². The molecule has 1 amide bonds. The zero-order valence-electron chi connectivity index (χ0n) is 13.7. The number of rotatable bonds is 7. The predicted molar refractivity (Wildman–Crippen MR) is 115 cm³/mol. The van der Waals surface area contributed by atoms with Crippen LogP contribution >= 0.6 is 45.2 Å². The van der Waals surface area contributed by atoms with Crippen LogP contribution in [0.2, 0.25) is 0 Å². The SMILES string of the molecule is N[C@@H](Cc1ccccc1)C(=O)N[C@@H](Cc1cc(I)c(O)c(I)c1)C(=O)O. The lowest BCUT2D eigenvalue weighted by Gasteiger charge is -2.18. The van der Waals surface area contributed by atoms with Gasteiger partial charge in [0.2, 0.25) is 5.91 Å². The molecule has 0 saturated carbocycles. The van der Waals surface area contributed by atoms with Gasteiger partial charge in [-0.15, -0.1) is 0 Å². The van der Waals surface area contributed by atoms with Crippen molar-refractivity contribution >= 4 is 57.1 Å². The number of carbonyl (C=O) groups is 2. The standard InChI is InChI=1S/C18H18I2N2O4/c19-12-6-11(7-13(20)16(12)23)9-15(18(25)26)22-17(24)14(21)8-10-4-2-1-3-5-10/h1-7,14-15,23H,8-9,21H2,(H,22,24)(H,25,26)/t14-,15-/m0/s1. The quantitative estimate of drug-likeness (QED) is 0.376. The van der Waals surface area contributed by atoms with Gasteiger partial charge >= 0.3 is 5.97 Å². The molecule has 0 radical (unpaired) electrons. The fraction of sp³-hybridized carbons (Fsp3) is 0.222. The van der Waals surface area contributed by atoms with Crippen molar-refractivity contribution in [3.8, 4) is 5.75 Å². The first-order valence-corrected chi connectivity index (χ1v) is 9.93. The van der Waals surface area contributed by atoms with Crippen LogP contribution in [0.3, 0.4) is 0 Å². The van der Waals surface area contributed by atoms with Gasteiger partial charge in [-0.1, -0.05) is 30.3 Å². The van der Waals surface area contributed by atoms with Crippen molar-refractivity contribution in [2.24, 2.45) is 5.73 Å². The van der Waals surface area contributed by atoms with Gasteiger partial charge < -0.3 is 21.3 Å². The molecule has 2 aromatic carbocycles. The number of amides is 1. The molecule has 138 valence electrons. The number of aromatic hydroxyl groups is 1. The van der Waals surface area contributed by atoms with E-state index in [2.05, 4.69) is 5.32 Å². The largest absolute Gasteiger partial charge is 0.506 e. The minimum atomic E-state index is -1.14. The number of hydrogen-bond donors (Lipinski definition) is 4. The second-order valence-electron chi connectivity index (χ2n) is 5.81. The average Bonchev–Trinajstić information content (AvgIpc) is 2.59. The molecule has 5 N–H and O–H groups in total. The van der Waals surface area contributed by atoms with Gasteiger partial charge in [-0.2, -0.15) is 0 Å². The molecule has 8 heteroatoms. The zero-order valence-corrected chi connectivity index (χ0v) is 18.0. The van der Waals surface area contributed by atoms with E-state index < -0.39 is 24.0 Å². The molecule has 2 rings (SSSR count). The summed E-state index contributed by atoms with van der Waals surface area (Å²) < 4.78 is 1.25. The van der Waals surface area contributed by atoms with E-state index in [1.807, 2.05) is 75.5 Å². The molecule has 0 bridgehead atoms. The Balaban J connectivity index is 2.05. The molecule has 2 atom stereocenters. The normalized spacial score (nSPS) is 13.0. The van der Waals surface area contributed by atoms with E-state index in [4.69, 9.17) is 5.73 Å². The van der Waals surface area contributed by atoms with Crippen molar-refractivity contribution in [2.75, 3.05) is 0 Å². The van der Waals surface area contributed by atoms with Crippen LogP contribution in [-0.2, 0) is 22.4 Å². The van der Waals surface area contributed by atoms with Crippen LogP contribution < -0.4 is 11.1 Å². The van der Waals surface area contributed by atoms with Gasteiger partial charge in [0.05, 0.1) is 13.2 Å². The summed E-state index contributed by atoms with van der Waals surface area (Å²) in [5.74, 6) is -1.48. The van der Waals surface area contributed by atoms with Crippen molar-refractivity contribution in [2.45, 2.75) is 24.9 Å². The summed E-state index contributed by atoms with van der Waals surface area (Å²) >= 11 is 3.96. The van der Waals surface area contributed by atoms with Crippen molar-refractivity contribution in [3.63, 3.8) is 0 Å². The number of carbonyl (C=O) groups excluding carboxylic acids is 1. The van der Waals surface area contributed by atoms with Crippen LogP contribution in [0, 0.1) is 7.14 Å². The fourth-order valence-corrected chi connectivity index (χ4v) is 4.31. The van der Waals surface area contributed by atoms with E-state index in [1.54, 1.807) is 12.1 Å². The minimum Gasteiger partial charge on any atom is -0.506 e. The van der Waals surface area contributed by atoms with Gasteiger partial charge in [-0.25, -0.2) is 4.79 Å². The highest BCUT2D eigenvalue weighted by Gasteiger charge is 2.24. The third kappa shape index (κ3) is 5.81. The van der Waals surface area contributed by atoms with Crippen LogP contribution in [0.15, 0.2) is 42.5 Å². The van der Waals surface area contributed by atoms with Crippen LogP contribution in [0.5, 0.6) is 5.75 Å². The zero-order chi connectivity index (χ0) is 19.3. The monoisotopic (exact) mass is 580 g/mol. The van der Waals surface area contributed by atoms with E-state index in [9.17, 15) is 19.8 Å². The van der Waals surface area contributed by atoms with Crippen LogP contribution in [-0.4, -0.2) is 34.2 Å². The number of halogens is 2. The molecule has 0 aliphatic rings. The maximum Gasteiger partial charge on any atom is 0.326 e. The Kier molecular flexibility index (Phi) is 7.65. The Hall–Kier alpha value is -1.40. The molecule has 0 unspecified atom stereocenters. The number of carboxylic acids is 1. The van der Waals surface area contributed by atoms with Crippen molar-refractivity contribution < 1.29 is 19.8 Å². The van der Waals surface area contributed by atoms with Crippen molar-refractivity contribution in [1.29, 1.82) is 0 Å². The number of nitrogens with two attached hydrogens (primary N) is 1. The summed E-state index contributed by atoms with van der Waals surface area (Å²) in [6.07, 6.45) is 0.430. The molecule has 0 fully saturated rings. The summed E-state index contributed by atoms with van der Waals surface area (Å²) in [7, 11) is 0. The molecular weight excluding hydrogens is 562 g/mol. The third-order valence-corrected chi connectivity index (χ3v) is 5.41. The van der Waals surface area contributed by atoms with Crippen LogP contribution in [0.4, 0.5) is 0 Å². The first kappa shape index (κ1) is 20.9. The number of benzene rings is 2. The Labute approximate surface area is 178 Å². The summed E-state index contributed by atoms with van der Waals surface area (Å²) in [6, 6.07) is 10.8. The van der Waals surface area contributed by atoms with Gasteiger partial charge in [-0.3, -0.25) is 4.79 Å². The summed E-state index contributed by atoms with van der Waals surface area (Å²) in [5.41, 5.74) is 7.54. The van der Waals surface area contributed by atoms with Gasteiger partial charge in [0.1, 0.15) is 11.8 Å². The second-order valence-corrected chi connectivity index (χ2v) is 8.13. The molecule has 2 aromatic rings. The molecule has 26 heavy (non-hydrogen) atoms. The highest BCUT2D eigenvalue weighted by Crippen LogP contribution is 2.27. The van der Waals surface area contributed by atoms with Gasteiger partial charge in [0, 0.05) is 6.42 Å². The Morgan fingerprint density at radius 3 is 2.15 bits per heavy atom. The van der Waals surface area contributed by atoms with E-state index in [1.165, 1.54) is 0 Å². The summed E-state index contributed by atoms with van der Waals surface area (Å²) in [5, 5.41) is 21.8. The fourth-order valence-electron chi connectivity index (χ4n) is 2.41. The van der Waals surface area contributed by atoms with Gasteiger partial charge in [-0.05, 0) is 74.9 Å². The van der Waals surface area contributed by atoms with Crippen molar-refractivity contribution in [1.82, 2.24) is 5.32 Å². The van der Waals surface area contributed by atoms with E-state index in [-0.39, 0.29) is 12.2 Å². The Morgan fingerprint density at radius 2 is 1.62 bits per heavy atom. The first-order chi connectivity index (χ1) is 12.3. The van der Waals surface area contributed by atoms with Gasteiger partial charge in [0.25, 0.3) is 0 Å². The van der Waals surface area contributed by atoms with Gasteiger partial charge in [0.15, 0.2) is 0 Å². The average molecular weight is 580 g/mol. The molecular formula is C18H18I2N2O4. The number of phenols is 1. The van der Waals surface area contributed by atoms with E-state index in [0.717, 1.165) is 5.56 Å². The highest BCUT2D eigenvalue weighted by molar-refractivity contribution is 14.1. The van der Waals surface area contributed by atoms with Crippen molar-refractivity contribution in [3.05, 3.63) is 60.7 Å². The smallest absolute Gasteiger partial charge is 0.326 e. The number of phenolic OH excluding ortho intramolecular Hbond substituents is 1. The lowest BCUT2D eigenvalue weighted by molar-refractivity contribution is -0.141. The minimum absolute atomic E-state index is 0.103. The molecule has 0 spiro atoms. The number of carboxylic acid groups (broad SMARTS) is 1. The topological polar surface area (TPSA) is 113 Å². The second kappa shape index (κ2) is 9.51. The maximum absolute atomic E-state index is 12.3. The molecule has 0 aromatic heterocycles.